The second-order valence-electron chi connectivity index (χ2n) is 8.64. The van der Waals surface area contributed by atoms with Crippen LogP contribution in [0.1, 0.15) is 73.1 Å². The van der Waals surface area contributed by atoms with Crippen LogP contribution < -0.4 is 5.32 Å². The van der Waals surface area contributed by atoms with Crippen LogP contribution in [0.15, 0.2) is 0 Å². The van der Waals surface area contributed by atoms with E-state index in [1.807, 2.05) is 0 Å². The van der Waals surface area contributed by atoms with Crippen molar-refractivity contribution in [3.05, 3.63) is 0 Å². The highest BCUT2D eigenvalue weighted by Crippen LogP contribution is 2.41. The van der Waals surface area contributed by atoms with Crippen LogP contribution in [0.2, 0.25) is 0 Å². The van der Waals surface area contributed by atoms with E-state index in [0.717, 1.165) is 17.9 Å². The molecule has 0 spiro atoms. The fourth-order valence-corrected chi connectivity index (χ4v) is 4.42. The van der Waals surface area contributed by atoms with Crippen molar-refractivity contribution >= 4 is 0 Å². The summed E-state index contributed by atoms with van der Waals surface area (Å²) < 4.78 is 0. The molecule has 0 radical (unpaired) electrons. The van der Waals surface area contributed by atoms with E-state index in [1.165, 1.54) is 58.2 Å². The van der Waals surface area contributed by atoms with Crippen molar-refractivity contribution in [2.24, 2.45) is 17.3 Å². The topological polar surface area (TPSA) is 15.3 Å². The Balaban J connectivity index is 2.01. The van der Waals surface area contributed by atoms with Gasteiger partial charge in [0.1, 0.15) is 0 Å². The lowest BCUT2D eigenvalue weighted by atomic mass is 9.70. The number of nitrogens with zero attached hydrogens (tertiary/aromatic N) is 1. The zero-order chi connectivity index (χ0) is 15.5. The fourth-order valence-electron chi connectivity index (χ4n) is 4.42. The minimum Gasteiger partial charge on any atom is -0.314 e. The lowest BCUT2D eigenvalue weighted by Gasteiger charge is -2.44. The Hall–Kier alpha value is -0.0800. The lowest BCUT2D eigenvalue weighted by molar-refractivity contribution is 0.0679. The third-order valence-electron chi connectivity index (χ3n) is 5.94. The van der Waals surface area contributed by atoms with E-state index in [-0.39, 0.29) is 0 Å². The van der Waals surface area contributed by atoms with Crippen LogP contribution in [-0.2, 0) is 0 Å². The largest absolute Gasteiger partial charge is 0.314 e. The molecule has 1 saturated heterocycles. The Morgan fingerprint density at radius 1 is 1.10 bits per heavy atom. The van der Waals surface area contributed by atoms with Gasteiger partial charge in [0.2, 0.25) is 0 Å². The lowest BCUT2D eigenvalue weighted by Crippen LogP contribution is -2.49. The first-order chi connectivity index (χ1) is 9.92. The zero-order valence-corrected chi connectivity index (χ0v) is 15.1. The summed E-state index contributed by atoms with van der Waals surface area (Å²) in [7, 11) is 0. The van der Waals surface area contributed by atoms with Crippen molar-refractivity contribution in [2.45, 2.75) is 85.2 Å². The molecule has 0 aromatic carbocycles. The number of rotatable bonds is 6. The van der Waals surface area contributed by atoms with Gasteiger partial charge in [0.05, 0.1) is 0 Å². The van der Waals surface area contributed by atoms with Gasteiger partial charge in [-0.25, -0.2) is 0 Å². The summed E-state index contributed by atoms with van der Waals surface area (Å²) in [5.74, 6) is 1.75. The maximum atomic E-state index is 3.76. The number of hydrogen-bond acceptors (Lipinski definition) is 2. The Bertz CT molecular complexity index is 303. The molecular weight excluding hydrogens is 256 g/mol. The Morgan fingerprint density at radius 3 is 2.33 bits per heavy atom. The van der Waals surface area contributed by atoms with Crippen LogP contribution in [0.25, 0.3) is 0 Å². The standard InChI is InChI=1S/C19H38N2/c1-15(2)18-7-6-12-21(18)14-19(13-20-16(3)4)10-8-17(5)9-11-19/h15-18,20H,6-14H2,1-5H3. The maximum Gasteiger partial charge on any atom is 0.0119 e. The number of nitrogens with one attached hydrogen (secondary N) is 1. The fraction of sp³-hybridized carbons (Fsp3) is 1.00. The van der Waals surface area contributed by atoms with Gasteiger partial charge in [0.25, 0.3) is 0 Å². The summed E-state index contributed by atoms with van der Waals surface area (Å²) in [6.07, 6.45) is 8.54. The van der Waals surface area contributed by atoms with E-state index >= 15 is 0 Å². The molecule has 1 saturated carbocycles. The molecule has 0 bridgehead atoms. The third kappa shape index (κ3) is 4.69. The van der Waals surface area contributed by atoms with Gasteiger partial charge in [-0.3, -0.25) is 4.90 Å². The average Bonchev–Trinajstić information content (AvgIpc) is 2.88. The Labute approximate surface area is 133 Å². The molecule has 1 aliphatic carbocycles. The van der Waals surface area contributed by atoms with Crippen LogP contribution in [0.5, 0.6) is 0 Å². The molecule has 2 fully saturated rings. The van der Waals surface area contributed by atoms with Gasteiger partial charge in [-0.05, 0) is 49.5 Å². The quantitative estimate of drug-likeness (QED) is 0.785. The van der Waals surface area contributed by atoms with Gasteiger partial charge >= 0.3 is 0 Å². The van der Waals surface area contributed by atoms with Crippen molar-refractivity contribution in [2.75, 3.05) is 19.6 Å². The molecule has 2 nitrogen and oxygen atoms in total. The third-order valence-corrected chi connectivity index (χ3v) is 5.94. The maximum absolute atomic E-state index is 3.76. The summed E-state index contributed by atoms with van der Waals surface area (Å²) in [5.41, 5.74) is 0.536. The first-order valence-electron chi connectivity index (χ1n) is 9.39. The molecule has 0 aromatic heterocycles. The van der Waals surface area contributed by atoms with E-state index in [9.17, 15) is 0 Å². The predicted molar refractivity (Wildman–Crippen MR) is 92.6 cm³/mol. The minimum atomic E-state index is 0.536. The zero-order valence-electron chi connectivity index (χ0n) is 15.1. The molecule has 0 aromatic rings. The van der Waals surface area contributed by atoms with Gasteiger partial charge in [-0.2, -0.15) is 0 Å². The summed E-state index contributed by atoms with van der Waals surface area (Å²) in [6, 6.07) is 1.45. The minimum absolute atomic E-state index is 0.536. The van der Waals surface area contributed by atoms with Crippen LogP contribution in [0, 0.1) is 17.3 Å². The van der Waals surface area contributed by atoms with Gasteiger partial charge in [-0.1, -0.05) is 47.5 Å². The highest BCUT2D eigenvalue weighted by atomic mass is 15.2. The van der Waals surface area contributed by atoms with Crippen LogP contribution in [0.3, 0.4) is 0 Å². The van der Waals surface area contributed by atoms with Crippen LogP contribution >= 0.6 is 0 Å². The molecule has 0 amide bonds. The molecule has 2 rings (SSSR count). The first-order valence-corrected chi connectivity index (χ1v) is 9.39. The number of likely N-dealkylation sites (tertiary alicyclic amines) is 1. The van der Waals surface area contributed by atoms with Crippen LogP contribution in [-0.4, -0.2) is 36.6 Å². The molecule has 1 heterocycles. The van der Waals surface area contributed by atoms with E-state index in [4.69, 9.17) is 0 Å². The van der Waals surface area contributed by atoms with Crippen molar-refractivity contribution in [1.82, 2.24) is 10.2 Å². The molecule has 2 aliphatic rings. The van der Waals surface area contributed by atoms with Gasteiger partial charge in [0.15, 0.2) is 0 Å². The molecule has 1 aliphatic heterocycles. The van der Waals surface area contributed by atoms with E-state index in [0.29, 0.717) is 11.5 Å². The summed E-state index contributed by atoms with van der Waals surface area (Å²) in [5, 5.41) is 3.76. The van der Waals surface area contributed by atoms with Gasteiger partial charge in [-0.15, -0.1) is 0 Å². The normalized spacial score (nSPS) is 35.0. The molecule has 1 atom stereocenters. The molecule has 21 heavy (non-hydrogen) atoms. The summed E-state index contributed by atoms with van der Waals surface area (Å²) >= 11 is 0. The van der Waals surface area contributed by atoms with Crippen molar-refractivity contribution in [1.29, 1.82) is 0 Å². The first kappa shape index (κ1) is 17.3. The highest BCUT2D eigenvalue weighted by Gasteiger charge is 2.39. The monoisotopic (exact) mass is 294 g/mol. The van der Waals surface area contributed by atoms with E-state index in [1.54, 1.807) is 0 Å². The Morgan fingerprint density at radius 2 is 1.76 bits per heavy atom. The SMILES string of the molecule is CC1CCC(CNC(C)C)(CN2CCCC2C(C)C)CC1. The highest BCUT2D eigenvalue weighted by molar-refractivity contribution is 4.93. The van der Waals surface area contributed by atoms with Crippen molar-refractivity contribution in [3.8, 4) is 0 Å². The molecule has 1 unspecified atom stereocenters. The molecule has 2 heteroatoms. The average molecular weight is 295 g/mol. The van der Waals surface area contributed by atoms with E-state index in [2.05, 4.69) is 44.8 Å². The van der Waals surface area contributed by atoms with Crippen molar-refractivity contribution in [3.63, 3.8) is 0 Å². The smallest absolute Gasteiger partial charge is 0.0119 e. The van der Waals surface area contributed by atoms with Gasteiger partial charge in [0, 0.05) is 25.2 Å². The molecule has 1 N–H and O–H groups in total. The van der Waals surface area contributed by atoms with E-state index < -0.39 is 0 Å². The van der Waals surface area contributed by atoms with Crippen LogP contribution in [0.4, 0.5) is 0 Å². The Kier molecular flexibility index (Phi) is 6.14. The van der Waals surface area contributed by atoms with Crippen molar-refractivity contribution < 1.29 is 0 Å². The van der Waals surface area contributed by atoms with Gasteiger partial charge < -0.3 is 5.32 Å². The number of hydrogen-bond donors (Lipinski definition) is 1. The second kappa shape index (κ2) is 7.46. The predicted octanol–water partition coefficient (Wildman–Crippen LogP) is 4.30. The summed E-state index contributed by atoms with van der Waals surface area (Å²) in [4.78, 5) is 2.84. The second-order valence-corrected chi connectivity index (χ2v) is 8.64. The molecule has 124 valence electrons. The summed E-state index contributed by atoms with van der Waals surface area (Å²) in [6.45, 7) is 15.7. The molecular formula is C19H38N2.